The van der Waals surface area contributed by atoms with Crippen LogP contribution in [0.1, 0.15) is 5.82 Å². The van der Waals surface area contributed by atoms with Crippen molar-refractivity contribution in [3.05, 3.63) is 29.2 Å². The molecule has 0 aliphatic heterocycles. The fourth-order valence-electron chi connectivity index (χ4n) is 1.15. The Balaban J connectivity index is 2.55. The first-order chi connectivity index (χ1) is 6.31. The Morgan fingerprint density at radius 1 is 1.54 bits per heavy atom. The van der Waals surface area contributed by atoms with E-state index in [4.69, 9.17) is 17.3 Å². The molecular weight excluding hydrogens is 188 g/mol. The Bertz CT molecular complexity index is 423. The number of hydrogen-bond acceptors (Lipinski definition) is 3. The third-order valence-electron chi connectivity index (χ3n) is 1.73. The van der Waals surface area contributed by atoms with Gasteiger partial charge in [0, 0.05) is 12.6 Å². The van der Waals surface area contributed by atoms with Gasteiger partial charge < -0.3 is 5.73 Å². The molecule has 0 saturated heterocycles. The highest BCUT2D eigenvalue weighted by molar-refractivity contribution is 6.33. The average Bonchev–Trinajstić information content (AvgIpc) is 2.49. The fraction of sp³-hybridized carbons (Fsp3) is 0.250. The van der Waals surface area contributed by atoms with Gasteiger partial charge in [0.05, 0.1) is 5.02 Å². The van der Waals surface area contributed by atoms with Crippen molar-refractivity contribution < 1.29 is 0 Å². The maximum Gasteiger partial charge on any atom is 0.174 e. The third kappa shape index (κ3) is 1.50. The number of rotatable bonds is 2. The zero-order valence-corrected chi connectivity index (χ0v) is 7.70. The lowest BCUT2D eigenvalue weighted by Gasteiger charge is -1.90. The van der Waals surface area contributed by atoms with E-state index in [0.717, 1.165) is 5.82 Å². The summed E-state index contributed by atoms with van der Waals surface area (Å²) in [6.07, 6.45) is 2.49. The molecule has 0 saturated carbocycles. The predicted molar refractivity (Wildman–Crippen MR) is 50.8 cm³/mol. The molecule has 4 nitrogen and oxygen atoms in total. The zero-order chi connectivity index (χ0) is 9.26. The van der Waals surface area contributed by atoms with Crippen molar-refractivity contribution in [1.82, 2.24) is 14.6 Å². The van der Waals surface area contributed by atoms with Crippen LogP contribution in [0.25, 0.3) is 5.65 Å². The first-order valence-electron chi connectivity index (χ1n) is 4.01. The maximum absolute atomic E-state index is 5.92. The van der Waals surface area contributed by atoms with E-state index in [0.29, 0.717) is 23.6 Å². The number of aromatic nitrogens is 3. The summed E-state index contributed by atoms with van der Waals surface area (Å²) in [6.45, 7) is 0.550. The van der Waals surface area contributed by atoms with E-state index in [1.54, 1.807) is 10.6 Å². The third-order valence-corrected chi connectivity index (χ3v) is 2.02. The van der Waals surface area contributed by atoms with E-state index in [-0.39, 0.29) is 0 Å². The number of nitrogens with zero attached hydrogens (tertiary/aromatic N) is 3. The van der Waals surface area contributed by atoms with E-state index in [2.05, 4.69) is 10.1 Å². The van der Waals surface area contributed by atoms with E-state index >= 15 is 0 Å². The van der Waals surface area contributed by atoms with Crippen LogP contribution in [0, 0.1) is 0 Å². The lowest BCUT2D eigenvalue weighted by molar-refractivity contribution is 0.844. The van der Waals surface area contributed by atoms with Crippen LogP contribution in [-0.4, -0.2) is 21.1 Å². The van der Waals surface area contributed by atoms with Crippen LogP contribution in [0.4, 0.5) is 0 Å². The van der Waals surface area contributed by atoms with Crippen molar-refractivity contribution in [1.29, 1.82) is 0 Å². The Kier molecular flexibility index (Phi) is 2.16. The van der Waals surface area contributed by atoms with Crippen molar-refractivity contribution >= 4 is 17.2 Å². The molecular formula is C8H9ClN4. The molecule has 0 bridgehead atoms. The Hall–Kier alpha value is -1.13. The number of pyridine rings is 1. The molecule has 0 aliphatic carbocycles. The van der Waals surface area contributed by atoms with Gasteiger partial charge in [-0.25, -0.2) is 9.50 Å². The molecule has 13 heavy (non-hydrogen) atoms. The second-order valence-corrected chi connectivity index (χ2v) is 3.10. The molecule has 0 amide bonds. The molecule has 0 fully saturated rings. The minimum atomic E-state index is 0.550. The average molecular weight is 197 g/mol. The maximum atomic E-state index is 5.92. The Labute approximate surface area is 80.3 Å². The highest BCUT2D eigenvalue weighted by Gasteiger charge is 2.04. The van der Waals surface area contributed by atoms with Gasteiger partial charge in [0.15, 0.2) is 11.5 Å². The van der Waals surface area contributed by atoms with Crippen LogP contribution in [0.15, 0.2) is 18.3 Å². The molecule has 0 spiro atoms. The van der Waals surface area contributed by atoms with Crippen LogP contribution in [-0.2, 0) is 6.42 Å². The van der Waals surface area contributed by atoms with Gasteiger partial charge in [0.25, 0.3) is 0 Å². The van der Waals surface area contributed by atoms with Crippen molar-refractivity contribution in [2.75, 3.05) is 6.54 Å². The van der Waals surface area contributed by atoms with Crippen LogP contribution in [0.3, 0.4) is 0 Å². The van der Waals surface area contributed by atoms with Gasteiger partial charge in [-0.2, -0.15) is 5.10 Å². The SMILES string of the molecule is NCCc1nc2c(Cl)cccn2n1. The van der Waals surface area contributed by atoms with Gasteiger partial charge in [-0.05, 0) is 18.7 Å². The topological polar surface area (TPSA) is 56.2 Å². The molecule has 5 heteroatoms. The van der Waals surface area contributed by atoms with Crippen molar-refractivity contribution in [3.8, 4) is 0 Å². The highest BCUT2D eigenvalue weighted by Crippen LogP contribution is 2.14. The molecule has 0 unspecified atom stereocenters. The minimum Gasteiger partial charge on any atom is -0.330 e. The predicted octanol–water partition coefficient (Wildman–Crippen LogP) is 0.884. The monoisotopic (exact) mass is 196 g/mol. The minimum absolute atomic E-state index is 0.550. The normalized spacial score (nSPS) is 10.9. The van der Waals surface area contributed by atoms with Gasteiger partial charge in [-0.15, -0.1) is 0 Å². The summed E-state index contributed by atoms with van der Waals surface area (Å²) in [4.78, 5) is 4.24. The molecule has 0 radical (unpaired) electrons. The van der Waals surface area contributed by atoms with Gasteiger partial charge in [-0.3, -0.25) is 0 Å². The number of hydrogen-bond donors (Lipinski definition) is 1. The summed E-state index contributed by atoms with van der Waals surface area (Å²) in [5.41, 5.74) is 6.09. The molecule has 2 rings (SSSR count). The summed E-state index contributed by atoms with van der Waals surface area (Å²) < 4.78 is 1.66. The van der Waals surface area contributed by atoms with Crippen LogP contribution < -0.4 is 5.73 Å². The molecule has 68 valence electrons. The molecule has 0 aromatic carbocycles. The Morgan fingerprint density at radius 3 is 3.08 bits per heavy atom. The van der Waals surface area contributed by atoms with E-state index in [1.807, 2.05) is 12.3 Å². The second kappa shape index (κ2) is 3.32. The van der Waals surface area contributed by atoms with Crippen molar-refractivity contribution in [2.45, 2.75) is 6.42 Å². The summed E-state index contributed by atoms with van der Waals surface area (Å²) in [7, 11) is 0. The smallest absolute Gasteiger partial charge is 0.174 e. The first-order valence-corrected chi connectivity index (χ1v) is 4.39. The van der Waals surface area contributed by atoms with Crippen LogP contribution >= 0.6 is 11.6 Å². The summed E-state index contributed by atoms with van der Waals surface area (Å²) in [5, 5.41) is 4.81. The number of fused-ring (bicyclic) bond motifs is 1. The molecule has 2 aromatic heterocycles. The molecule has 2 heterocycles. The van der Waals surface area contributed by atoms with Crippen LogP contribution in [0.5, 0.6) is 0 Å². The van der Waals surface area contributed by atoms with Crippen molar-refractivity contribution in [2.24, 2.45) is 5.73 Å². The zero-order valence-electron chi connectivity index (χ0n) is 6.94. The standard InChI is InChI=1S/C8H9ClN4/c9-6-2-1-5-13-8(6)11-7(12-13)3-4-10/h1-2,5H,3-4,10H2. The number of nitrogens with two attached hydrogens (primary N) is 1. The first kappa shape index (κ1) is 8.47. The van der Waals surface area contributed by atoms with Crippen LogP contribution in [0.2, 0.25) is 5.02 Å². The van der Waals surface area contributed by atoms with Gasteiger partial charge >= 0.3 is 0 Å². The largest absolute Gasteiger partial charge is 0.330 e. The van der Waals surface area contributed by atoms with Gasteiger partial charge in [0.1, 0.15) is 0 Å². The lowest BCUT2D eigenvalue weighted by atomic mass is 10.4. The summed E-state index contributed by atoms with van der Waals surface area (Å²) in [6, 6.07) is 3.62. The molecule has 2 aromatic rings. The van der Waals surface area contributed by atoms with Crippen molar-refractivity contribution in [3.63, 3.8) is 0 Å². The second-order valence-electron chi connectivity index (χ2n) is 2.69. The quantitative estimate of drug-likeness (QED) is 0.776. The fourth-order valence-corrected chi connectivity index (χ4v) is 1.35. The molecule has 2 N–H and O–H groups in total. The summed E-state index contributed by atoms with van der Waals surface area (Å²) >= 11 is 5.92. The van der Waals surface area contributed by atoms with E-state index in [9.17, 15) is 0 Å². The van der Waals surface area contributed by atoms with Gasteiger partial charge in [-0.1, -0.05) is 11.6 Å². The molecule has 0 atom stereocenters. The number of halogens is 1. The highest BCUT2D eigenvalue weighted by atomic mass is 35.5. The lowest BCUT2D eigenvalue weighted by Crippen LogP contribution is -2.04. The molecule has 0 aliphatic rings. The summed E-state index contributed by atoms with van der Waals surface area (Å²) in [5.74, 6) is 0.732. The Morgan fingerprint density at radius 2 is 2.38 bits per heavy atom. The van der Waals surface area contributed by atoms with E-state index in [1.165, 1.54) is 0 Å². The van der Waals surface area contributed by atoms with Gasteiger partial charge in [0.2, 0.25) is 0 Å². The van der Waals surface area contributed by atoms with E-state index < -0.39 is 0 Å².